The minimum absolute atomic E-state index is 0.0268. The van der Waals surface area contributed by atoms with Crippen LogP contribution >= 0.6 is 11.8 Å². The summed E-state index contributed by atoms with van der Waals surface area (Å²) >= 11 is 1.64. The van der Waals surface area contributed by atoms with E-state index in [4.69, 9.17) is 9.47 Å². The van der Waals surface area contributed by atoms with E-state index in [1.54, 1.807) is 11.8 Å². The standard InChI is InChI=1S/C25H45N3O5S/c1-8-18-11-14-27(16-19-10-9-13-28(19)24(31)33-25(4,5)6)21(18)22(29)26-20(12-15-34-7)23(30)32-17(2)3/h17-21H,8-16H2,1-7H3,(H,26,29)/t18-,19?,20?,21-/m0/s1. The molecule has 0 radical (unpaired) electrons. The van der Waals surface area contributed by atoms with Gasteiger partial charge in [0.15, 0.2) is 0 Å². The molecule has 0 aromatic heterocycles. The number of amides is 2. The van der Waals surface area contributed by atoms with Gasteiger partial charge in [-0.05, 0) is 84.8 Å². The van der Waals surface area contributed by atoms with Gasteiger partial charge in [0.2, 0.25) is 5.91 Å². The van der Waals surface area contributed by atoms with Gasteiger partial charge in [-0.15, -0.1) is 0 Å². The number of carbonyl (C=O) groups excluding carboxylic acids is 3. The fourth-order valence-corrected chi connectivity index (χ4v) is 5.32. The molecule has 1 N–H and O–H groups in total. The van der Waals surface area contributed by atoms with E-state index in [9.17, 15) is 14.4 Å². The van der Waals surface area contributed by atoms with Crippen molar-refractivity contribution in [1.82, 2.24) is 15.1 Å². The van der Waals surface area contributed by atoms with Crippen LogP contribution in [0.1, 0.15) is 73.6 Å². The molecular weight excluding hydrogens is 454 g/mol. The molecule has 0 saturated carbocycles. The molecule has 2 fully saturated rings. The van der Waals surface area contributed by atoms with Crippen LogP contribution in [0.3, 0.4) is 0 Å². The molecule has 8 nitrogen and oxygen atoms in total. The fraction of sp³-hybridized carbons (Fsp3) is 0.880. The van der Waals surface area contributed by atoms with Gasteiger partial charge in [0.05, 0.1) is 12.1 Å². The Bertz CT molecular complexity index is 697. The highest BCUT2D eigenvalue weighted by Crippen LogP contribution is 2.30. The summed E-state index contributed by atoms with van der Waals surface area (Å²) < 4.78 is 11.0. The summed E-state index contributed by atoms with van der Waals surface area (Å²) in [6, 6.07) is -0.930. The summed E-state index contributed by atoms with van der Waals surface area (Å²) in [7, 11) is 0. The summed E-state index contributed by atoms with van der Waals surface area (Å²) in [6.45, 7) is 13.5. The first-order chi connectivity index (χ1) is 16.0. The van der Waals surface area contributed by atoms with Crippen LogP contribution in [0, 0.1) is 5.92 Å². The molecule has 0 aromatic rings. The van der Waals surface area contributed by atoms with Crippen molar-refractivity contribution >= 4 is 29.7 Å². The van der Waals surface area contributed by atoms with Crippen molar-refractivity contribution in [3.8, 4) is 0 Å². The number of likely N-dealkylation sites (tertiary alicyclic amines) is 2. The molecule has 2 heterocycles. The number of esters is 1. The van der Waals surface area contributed by atoms with E-state index in [1.807, 2.05) is 45.8 Å². The van der Waals surface area contributed by atoms with Gasteiger partial charge in [0.25, 0.3) is 0 Å². The van der Waals surface area contributed by atoms with Crippen molar-refractivity contribution in [2.75, 3.05) is 31.6 Å². The van der Waals surface area contributed by atoms with Crippen molar-refractivity contribution in [2.45, 2.75) is 103 Å². The highest BCUT2D eigenvalue weighted by molar-refractivity contribution is 7.98. The molecule has 0 aliphatic carbocycles. The zero-order valence-electron chi connectivity index (χ0n) is 22.1. The van der Waals surface area contributed by atoms with Crippen molar-refractivity contribution in [1.29, 1.82) is 0 Å². The quantitative estimate of drug-likeness (QED) is 0.459. The summed E-state index contributed by atoms with van der Waals surface area (Å²) in [4.78, 5) is 42.9. The average molecular weight is 500 g/mol. The SMILES string of the molecule is CC[C@H]1CCN(CC2CCCN2C(=O)OC(C)(C)C)[C@@H]1C(=O)NC(CCSC)C(=O)OC(C)C. The molecule has 2 amide bonds. The first-order valence-electron chi connectivity index (χ1n) is 12.7. The largest absolute Gasteiger partial charge is 0.461 e. The van der Waals surface area contributed by atoms with Crippen molar-refractivity contribution in [3.05, 3.63) is 0 Å². The number of hydrogen-bond donors (Lipinski definition) is 1. The number of rotatable bonds is 10. The van der Waals surface area contributed by atoms with Crippen molar-refractivity contribution < 1.29 is 23.9 Å². The predicted molar refractivity (Wildman–Crippen MR) is 136 cm³/mol. The van der Waals surface area contributed by atoms with Crippen LogP contribution in [0.15, 0.2) is 0 Å². The zero-order chi connectivity index (χ0) is 25.5. The molecule has 0 bridgehead atoms. The number of nitrogens with zero attached hydrogens (tertiary/aromatic N) is 2. The van der Waals surface area contributed by atoms with E-state index in [2.05, 4.69) is 17.1 Å². The monoisotopic (exact) mass is 499 g/mol. The Hall–Kier alpha value is -1.48. The molecular formula is C25H45N3O5S. The number of ether oxygens (including phenoxy) is 2. The summed E-state index contributed by atoms with van der Waals surface area (Å²) in [5, 5.41) is 3.01. The summed E-state index contributed by atoms with van der Waals surface area (Å²) in [5.74, 6) is 0.495. The van der Waals surface area contributed by atoms with Gasteiger partial charge in [-0.25, -0.2) is 9.59 Å². The first kappa shape index (κ1) is 28.8. The molecule has 4 atom stereocenters. The molecule has 34 heavy (non-hydrogen) atoms. The van der Waals surface area contributed by atoms with Crippen LogP contribution in [0.5, 0.6) is 0 Å². The molecule has 0 spiro atoms. The third-order valence-electron chi connectivity index (χ3n) is 6.43. The minimum Gasteiger partial charge on any atom is -0.461 e. The number of nitrogens with one attached hydrogen (secondary N) is 1. The maximum atomic E-state index is 13.5. The molecule has 2 rings (SSSR count). The maximum Gasteiger partial charge on any atom is 0.410 e. The van der Waals surface area contributed by atoms with Crippen LogP contribution < -0.4 is 5.32 Å². The molecule has 196 valence electrons. The maximum absolute atomic E-state index is 13.5. The zero-order valence-corrected chi connectivity index (χ0v) is 22.9. The van der Waals surface area contributed by atoms with Crippen LogP contribution in [0.2, 0.25) is 0 Å². The Kier molecular flexibility index (Phi) is 11.0. The van der Waals surface area contributed by atoms with Gasteiger partial charge in [-0.2, -0.15) is 11.8 Å². The van der Waals surface area contributed by atoms with Crippen molar-refractivity contribution in [2.24, 2.45) is 5.92 Å². The third kappa shape index (κ3) is 8.33. The Labute approximate surface area is 209 Å². The van der Waals surface area contributed by atoms with E-state index in [0.717, 1.165) is 38.0 Å². The first-order valence-corrected chi connectivity index (χ1v) is 14.1. The average Bonchev–Trinajstić information content (AvgIpc) is 3.36. The van der Waals surface area contributed by atoms with Gasteiger partial charge in [0, 0.05) is 19.1 Å². The number of hydrogen-bond acceptors (Lipinski definition) is 7. The lowest BCUT2D eigenvalue weighted by atomic mass is 9.96. The van der Waals surface area contributed by atoms with Gasteiger partial charge < -0.3 is 19.7 Å². The Morgan fingerprint density at radius 3 is 2.44 bits per heavy atom. The van der Waals surface area contributed by atoms with Gasteiger partial charge in [-0.1, -0.05) is 13.3 Å². The second-order valence-electron chi connectivity index (χ2n) is 10.7. The lowest BCUT2D eigenvalue weighted by Gasteiger charge is -2.34. The Morgan fingerprint density at radius 1 is 1.15 bits per heavy atom. The Balaban J connectivity index is 2.11. The molecule has 2 aliphatic heterocycles. The third-order valence-corrected chi connectivity index (χ3v) is 7.08. The number of thioether (sulfide) groups is 1. The second kappa shape index (κ2) is 13.0. The fourth-order valence-electron chi connectivity index (χ4n) is 4.85. The summed E-state index contributed by atoms with van der Waals surface area (Å²) in [6.07, 6.45) is 5.67. The van der Waals surface area contributed by atoms with E-state index in [1.165, 1.54) is 0 Å². The molecule has 0 aromatic carbocycles. The van der Waals surface area contributed by atoms with E-state index >= 15 is 0 Å². The number of carbonyl (C=O) groups is 3. The van der Waals surface area contributed by atoms with E-state index < -0.39 is 11.6 Å². The van der Waals surface area contributed by atoms with E-state index in [0.29, 0.717) is 19.5 Å². The normalized spacial score (nSPS) is 24.4. The van der Waals surface area contributed by atoms with Gasteiger partial charge >= 0.3 is 12.1 Å². The van der Waals surface area contributed by atoms with Crippen LogP contribution in [0.4, 0.5) is 4.79 Å². The van der Waals surface area contributed by atoms with E-state index in [-0.39, 0.29) is 42.1 Å². The lowest BCUT2D eigenvalue weighted by molar-refractivity contribution is -0.152. The highest BCUT2D eigenvalue weighted by atomic mass is 32.2. The van der Waals surface area contributed by atoms with Crippen LogP contribution in [-0.2, 0) is 19.1 Å². The molecule has 2 unspecified atom stereocenters. The highest BCUT2D eigenvalue weighted by Gasteiger charge is 2.42. The van der Waals surface area contributed by atoms with Crippen molar-refractivity contribution in [3.63, 3.8) is 0 Å². The second-order valence-corrected chi connectivity index (χ2v) is 11.7. The topological polar surface area (TPSA) is 88.2 Å². The van der Waals surface area contributed by atoms with Crippen LogP contribution in [0.25, 0.3) is 0 Å². The van der Waals surface area contributed by atoms with Gasteiger partial charge in [0.1, 0.15) is 11.6 Å². The summed E-state index contributed by atoms with van der Waals surface area (Å²) in [5.41, 5.74) is -0.538. The van der Waals surface area contributed by atoms with Crippen LogP contribution in [-0.4, -0.2) is 89.2 Å². The lowest BCUT2D eigenvalue weighted by Crippen LogP contribution is -2.54. The predicted octanol–water partition coefficient (Wildman–Crippen LogP) is 3.68. The smallest absolute Gasteiger partial charge is 0.410 e. The molecule has 9 heteroatoms. The molecule has 2 aliphatic rings. The van der Waals surface area contributed by atoms with Gasteiger partial charge in [-0.3, -0.25) is 9.69 Å². The Morgan fingerprint density at radius 2 is 1.85 bits per heavy atom. The minimum atomic E-state index is -0.646. The molecule has 2 saturated heterocycles.